The number of hydrogen-bond acceptors (Lipinski definition) is 2. The molecular weight excluding hydrogens is 252 g/mol. The quantitative estimate of drug-likeness (QED) is 0.903. The highest BCUT2D eigenvalue weighted by molar-refractivity contribution is 9.10. The number of nitrogens with zero attached hydrogens (tertiary/aromatic N) is 1. The number of hydrogen-bond donors (Lipinski definition) is 1. The van der Waals surface area contributed by atoms with E-state index in [0.29, 0.717) is 5.41 Å². The maximum Gasteiger partial charge on any atom is 0.140 e. The van der Waals surface area contributed by atoms with Gasteiger partial charge in [0, 0.05) is 12.7 Å². The molecule has 3 rings (SSSR count). The van der Waals surface area contributed by atoms with Crippen LogP contribution in [-0.4, -0.2) is 11.5 Å². The lowest BCUT2D eigenvalue weighted by Gasteiger charge is -2.15. The lowest BCUT2D eigenvalue weighted by molar-refractivity contribution is 0.466. The zero-order valence-corrected chi connectivity index (χ0v) is 10.3. The van der Waals surface area contributed by atoms with E-state index in [0.717, 1.165) is 22.8 Å². The molecule has 1 aromatic rings. The molecule has 2 aliphatic rings. The first-order valence-corrected chi connectivity index (χ1v) is 6.44. The van der Waals surface area contributed by atoms with E-state index in [1.165, 1.54) is 25.7 Å². The monoisotopic (exact) mass is 266 g/mol. The molecule has 1 heterocycles. The molecule has 0 amide bonds. The second-order valence-electron chi connectivity index (χ2n) is 4.82. The van der Waals surface area contributed by atoms with Crippen LogP contribution in [0.4, 0.5) is 5.82 Å². The Labute approximate surface area is 98.6 Å². The van der Waals surface area contributed by atoms with Gasteiger partial charge in [0.25, 0.3) is 0 Å². The van der Waals surface area contributed by atoms with Crippen LogP contribution in [0.1, 0.15) is 25.7 Å². The molecule has 1 aromatic heterocycles. The van der Waals surface area contributed by atoms with Crippen molar-refractivity contribution in [2.24, 2.45) is 11.3 Å². The summed E-state index contributed by atoms with van der Waals surface area (Å²) in [4.78, 5) is 4.33. The Kier molecular flexibility index (Phi) is 2.23. The molecule has 0 radical (unpaired) electrons. The van der Waals surface area contributed by atoms with Crippen LogP contribution >= 0.6 is 15.9 Å². The van der Waals surface area contributed by atoms with Crippen molar-refractivity contribution in [3.63, 3.8) is 0 Å². The summed E-state index contributed by atoms with van der Waals surface area (Å²) in [6.45, 7) is 1.10. The van der Waals surface area contributed by atoms with Gasteiger partial charge in [-0.25, -0.2) is 4.98 Å². The van der Waals surface area contributed by atoms with Crippen LogP contribution in [0.25, 0.3) is 0 Å². The predicted molar refractivity (Wildman–Crippen MR) is 64.8 cm³/mol. The van der Waals surface area contributed by atoms with Gasteiger partial charge in [-0.05, 0) is 65.1 Å². The summed E-state index contributed by atoms with van der Waals surface area (Å²) in [5.74, 6) is 2.00. The first kappa shape index (κ1) is 9.64. The summed E-state index contributed by atoms with van der Waals surface area (Å²) in [6, 6.07) is 3.98. The van der Waals surface area contributed by atoms with E-state index in [9.17, 15) is 0 Å². The van der Waals surface area contributed by atoms with Gasteiger partial charge in [-0.15, -0.1) is 0 Å². The van der Waals surface area contributed by atoms with Gasteiger partial charge in [0.2, 0.25) is 0 Å². The predicted octanol–water partition coefficient (Wildman–Crippen LogP) is 3.45. The van der Waals surface area contributed by atoms with Gasteiger partial charge in [-0.1, -0.05) is 0 Å². The molecule has 0 atom stereocenters. The molecule has 2 saturated carbocycles. The average molecular weight is 267 g/mol. The van der Waals surface area contributed by atoms with Gasteiger partial charge in [-0.2, -0.15) is 0 Å². The van der Waals surface area contributed by atoms with E-state index in [-0.39, 0.29) is 0 Å². The highest BCUT2D eigenvalue weighted by atomic mass is 79.9. The van der Waals surface area contributed by atoms with E-state index in [4.69, 9.17) is 0 Å². The van der Waals surface area contributed by atoms with Crippen LogP contribution in [0, 0.1) is 11.3 Å². The van der Waals surface area contributed by atoms with Crippen LogP contribution in [0.3, 0.4) is 0 Å². The molecule has 0 aromatic carbocycles. The van der Waals surface area contributed by atoms with Crippen LogP contribution in [-0.2, 0) is 0 Å². The lowest BCUT2D eigenvalue weighted by atomic mass is 10.0. The van der Waals surface area contributed by atoms with E-state index in [2.05, 4.69) is 26.2 Å². The third-order valence-corrected chi connectivity index (χ3v) is 4.34. The summed E-state index contributed by atoms with van der Waals surface area (Å²) in [6.07, 6.45) is 7.56. The van der Waals surface area contributed by atoms with Crippen LogP contribution < -0.4 is 5.32 Å². The number of rotatable bonds is 4. The first-order chi connectivity index (χ1) is 7.30. The largest absolute Gasteiger partial charge is 0.369 e. The fourth-order valence-corrected chi connectivity index (χ4v) is 2.76. The van der Waals surface area contributed by atoms with Gasteiger partial charge >= 0.3 is 0 Å². The van der Waals surface area contributed by atoms with E-state index < -0.39 is 0 Å². The van der Waals surface area contributed by atoms with Crippen molar-refractivity contribution in [1.29, 1.82) is 0 Å². The van der Waals surface area contributed by atoms with E-state index in [1.807, 2.05) is 18.3 Å². The minimum Gasteiger partial charge on any atom is -0.369 e. The van der Waals surface area contributed by atoms with Gasteiger partial charge in [0.05, 0.1) is 4.47 Å². The fourth-order valence-electron chi connectivity index (χ4n) is 2.36. The van der Waals surface area contributed by atoms with Crippen molar-refractivity contribution in [1.82, 2.24) is 4.98 Å². The summed E-state index contributed by atoms with van der Waals surface area (Å²) in [7, 11) is 0. The number of nitrogens with one attached hydrogen (secondary N) is 1. The molecule has 2 aliphatic carbocycles. The fraction of sp³-hybridized carbons (Fsp3) is 0.583. The third-order valence-electron chi connectivity index (χ3n) is 3.70. The molecule has 15 heavy (non-hydrogen) atoms. The molecule has 0 unspecified atom stereocenters. The molecular formula is C12H15BrN2. The number of pyridine rings is 1. The van der Waals surface area contributed by atoms with E-state index >= 15 is 0 Å². The molecule has 2 nitrogen and oxygen atoms in total. The van der Waals surface area contributed by atoms with Crippen LogP contribution in [0.15, 0.2) is 22.8 Å². The summed E-state index contributed by atoms with van der Waals surface area (Å²) in [5.41, 5.74) is 0.636. The molecule has 3 heteroatoms. The first-order valence-electron chi connectivity index (χ1n) is 5.65. The SMILES string of the molecule is Brc1cccnc1NCC1(C2CC2)CC1. The number of aromatic nitrogens is 1. The molecule has 0 spiro atoms. The van der Waals surface area contributed by atoms with Crippen LogP contribution in [0.2, 0.25) is 0 Å². The third kappa shape index (κ3) is 1.89. The Morgan fingerprint density at radius 1 is 1.47 bits per heavy atom. The van der Waals surface area contributed by atoms with Crippen LogP contribution in [0.5, 0.6) is 0 Å². The molecule has 1 N–H and O–H groups in total. The van der Waals surface area contributed by atoms with Crippen molar-refractivity contribution in [2.75, 3.05) is 11.9 Å². The minimum absolute atomic E-state index is 0.636. The van der Waals surface area contributed by atoms with E-state index in [1.54, 1.807) is 0 Å². The minimum atomic E-state index is 0.636. The zero-order chi connectivity index (χ0) is 10.3. The Morgan fingerprint density at radius 2 is 2.27 bits per heavy atom. The van der Waals surface area contributed by atoms with Crippen molar-refractivity contribution in [3.05, 3.63) is 22.8 Å². The zero-order valence-electron chi connectivity index (χ0n) is 8.67. The maximum atomic E-state index is 4.33. The van der Waals surface area contributed by atoms with Gasteiger partial charge < -0.3 is 5.32 Å². The second kappa shape index (κ2) is 3.48. The molecule has 0 saturated heterocycles. The number of anilines is 1. The molecule has 80 valence electrons. The summed E-state index contributed by atoms with van der Waals surface area (Å²) < 4.78 is 1.07. The van der Waals surface area contributed by atoms with Crippen molar-refractivity contribution in [3.8, 4) is 0 Å². The van der Waals surface area contributed by atoms with Crippen molar-refractivity contribution < 1.29 is 0 Å². The average Bonchev–Trinajstić information content (AvgIpc) is 3.10. The Balaban J connectivity index is 1.64. The highest BCUT2D eigenvalue weighted by Crippen LogP contribution is 2.61. The van der Waals surface area contributed by atoms with Gasteiger partial charge in [-0.3, -0.25) is 0 Å². The Hall–Kier alpha value is -0.570. The molecule has 0 bridgehead atoms. The lowest BCUT2D eigenvalue weighted by Crippen LogP contribution is -2.18. The molecule has 0 aliphatic heterocycles. The second-order valence-corrected chi connectivity index (χ2v) is 5.68. The normalized spacial score (nSPS) is 22.5. The van der Waals surface area contributed by atoms with Crippen molar-refractivity contribution >= 4 is 21.7 Å². The van der Waals surface area contributed by atoms with Gasteiger partial charge in [0.15, 0.2) is 0 Å². The maximum absolute atomic E-state index is 4.33. The smallest absolute Gasteiger partial charge is 0.140 e. The highest BCUT2D eigenvalue weighted by Gasteiger charge is 2.53. The Bertz CT molecular complexity index is 370. The standard InChI is InChI=1S/C12H15BrN2/c13-10-2-1-7-14-11(10)15-8-12(5-6-12)9-3-4-9/h1-2,7,9H,3-6,8H2,(H,14,15). The Morgan fingerprint density at radius 3 is 2.87 bits per heavy atom. The topological polar surface area (TPSA) is 24.9 Å². The van der Waals surface area contributed by atoms with Gasteiger partial charge in [0.1, 0.15) is 5.82 Å². The summed E-state index contributed by atoms with van der Waals surface area (Å²) in [5, 5.41) is 3.48. The molecule has 2 fully saturated rings. The number of halogens is 1. The van der Waals surface area contributed by atoms with Crippen molar-refractivity contribution in [2.45, 2.75) is 25.7 Å². The summed E-state index contributed by atoms with van der Waals surface area (Å²) >= 11 is 3.51.